The first-order valence-corrected chi connectivity index (χ1v) is 16.6. The van der Waals surface area contributed by atoms with Crippen LogP contribution in [0.25, 0.3) is 0 Å². The van der Waals surface area contributed by atoms with E-state index in [9.17, 15) is 19.2 Å². The summed E-state index contributed by atoms with van der Waals surface area (Å²) in [4.78, 5) is 51.9. The second-order valence-corrected chi connectivity index (χ2v) is 14.7. The van der Waals surface area contributed by atoms with Gasteiger partial charge in [-0.05, 0) is 0 Å². The summed E-state index contributed by atoms with van der Waals surface area (Å²) in [5, 5.41) is 1.07. The first-order chi connectivity index (χ1) is 14.3. The van der Waals surface area contributed by atoms with Gasteiger partial charge in [-0.15, -0.1) is 0 Å². The monoisotopic (exact) mass is 558 g/mol. The minimum absolute atomic E-state index is 0.0905. The minimum atomic E-state index is -0.661. The molecule has 0 radical (unpaired) electrons. The Labute approximate surface area is 187 Å². The molecule has 30 heavy (non-hydrogen) atoms. The molecule has 0 aromatic carbocycles. The number of hydrogen-bond donors (Lipinski definition) is 2. The number of nitrogens with two attached hydrogens (primary N) is 2. The van der Waals surface area contributed by atoms with Crippen molar-refractivity contribution in [2.75, 3.05) is 27.3 Å². The molecule has 12 heteroatoms. The van der Waals surface area contributed by atoms with Gasteiger partial charge < -0.3 is 0 Å². The fourth-order valence-electron chi connectivity index (χ4n) is 3.63. The molecule has 2 amide bonds. The van der Waals surface area contributed by atoms with Crippen molar-refractivity contribution in [3.63, 3.8) is 0 Å². The number of esters is 2. The molecule has 0 bridgehead atoms. The predicted octanol–water partition coefficient (Wildman–Crippen LogP) is -1.87. The number of methoxy groups -OCH3 is 2. The van der Waals surface area contributed by atoms with Crippen LogP contribution >= 0.6 is 0 Å². The third-order valence-electron chi connectivity index (χ3n) is 5.23. The number of hydrogen-bond acceptors (Lipinski definition) is 8. The van der Waals surface area contributed by atoms with E-state index in [0.717, 1.165) is 12.8 Å². The number of rotatable bonds is 9. The van der Waals surface area contributed by atoms with Crippen LogP contribution in [0, 0.1) is 0 Å². The molecule has 2 rings (SSSR count). The average Bonchev–Trinajstić information content (AvgIpc) is 3.43. The van der Waals surface area contributed by atoms with Crippen LogP contribution in [0.1, 0.15) is 25.7 Å². The molecule has 0 aromatic heterocycles. The van der Waals surface area contributed by atoms with Crippen LogP contribution in [-0.4, -0.2) is 111 Å². The van der Waals surface area contributed by atoms with Crippen molar-refractivity contribution in [2.24, 2.45) is 11.5 Å². The van der Waals surface area contributed by atoms with Crippen LogP contribution in [0.4, 0.5) is 0 Å². The number of ether oxygens (including phenoxy) is 2. The maximum absolute atomic E-state index is 12.6. The third-order valence-corrected chi connectivity index (χ3v) is 12.4. The van der Waals surface area contributed by atoms with Gasteiger partial charge in [0, 0.05) is 0 Å². The van der Waals surface area contributed by atoms with Gasteiger partial charge in [0.05, 0.1) is 0 Å². The van der Waals surface area contributed by atoms with Crippen molar-refractivity contribution in [3.8, 4) is 0 Å². The molecule has 2 fully saturated rings. The quantitative estimate of drug-likeness (QED) is 0.191. The van der Waals surface area contributed by atoms with Crippen molar-refractivity contribution in [1.29, 1.82) is 0 Å². The van der Waals surface area contributed by atoms with Crippen LogP contribution in [-0.2, 0) is 28.7 Å². The summed E-state index contributed by atoms with van der Waals surface area (Å²) in [7, 11) is 2.63. The van der Waals surface area contributed by atoms with Gasteiger partial charge in [-0.3, -0.25) is 0 Å². The van der Waals surface area contributed by atoms with E-state index in [2.05, 4.69) is 0 Å². The van der Waals surface area contributed by atoms with E-state index >= 15 is 0 Å². The zero-order valence-electron chi connectivity index (χ0n) is 17.3. The van der Waals surface area contributed by atoms with E-state index in [-0.39, 0.29) is 38.1 Å². The predicted molar refractivity (Wildman–Crippen MR) is 111 cm³/mol. The van der Waals surface area contributed by atoms with E-state index in [1.807, 2.05) is 0 Å². The molecule has 170 valence electrons. The zero-order valence-corrected chi connectivity index (χ0v) is 20.7. The molecule has 4 atom stereocenters. The second kappa shape index (κ2) is 12.0. The first-order valence-electron chi connectivity index (χ1n) is 9.84. The zero-order chi connectivity index (χ0) is 22.3. The number of amides is 2. The van der Waals surface area contributed by atoms with E-state index in [1.165, 1.54) is 24.0 Å². The van der Waals surface area contributed by atoms with Gasteiger partial charge in [-0.25, -0.2) is 0 Å². The van der Waals surface area contributed by atoms with Gasteiger partial charge in [0.1, 0.15) is 0 Å². The van der Waals surface area contributed by atoms with Gasteiger partial charge in [-0.1, -0.05) is 0 Å². The van der Waals surface area contributed by atoms with Gasteiger partial charge in [-0.2, -0.15) is 0 Å². The molecule has 0 saturated carbocycles. The molecule has 0 aromatic rings. The first kappa shape index (κ1) is 25.1. The summed E-state index contributed by atoms with van der Waals surface area (Å²) in [6, 6.07) is -2.40. The van der Waals surface area contributed by atoms with Crippen LogP contribution in [0.5, 0.6) is 0 Å². The fraction of sp³-hybridized carbons (Fsp3) is 0.778. The number of carbonyl (C=O) groups is 4. The Morgan fingerprint density at radius 2 is 1.20 bits per heavy atom. The van der Waals surface area contributed by atoms with E-state index < -0.39 is 36.1 Å². The Bertz CT molecular complexity index is 598. The van der Waals surface area contributed by atoms with Gasteiger partial charge >= 0.3 is 188 Å². The van der Waals surface area contributed by atoms with E-state index in [0.29, 0.717) is 36.6 Å². The maximum atomic E-state index is 12.6. The van der Waals surface area contributed by atoms with E-state index in [4.69, 9.17) is 20.9 Å². The molecule has 2 aliphatic heterocycles. The molecule has 10 nitrogen and oxygen atoms in total. The Morgan fingerprint density at radius 1 is 0.833 bits per heavy atom. The number of nitrogens with zero attached hydrogens (tertiary/aromatic N) is 2. The van der Waals surface area contributed by atoms with Crippen LogP contribution in [0.15, 0.2) is 0 Å². The normalized spacial score (nSPS) is 23.2. The SMILES string of the molecule is COC(=O)[C@@H]1CCCN1C(=O)[C@@H](N)C[Se][Se]C[C@H](N)C(=O)N1CCC[C@H]1C(=O)OC. The van der Waals surface area contributed by atoms with Crippen LogP contribution < -0.4 is 11.5 Å². The van der Waals surface area contributed by atoms with E-state index in [1.54, 1.807) is 0 Å². The van der Waals surface area contributed by atoms with Gasteiger partial charge in [0.25, 0.3) is 0 Å². The Hall–Kier alpha value is -1.16. The number of likely N-dealkylation sites (tertiary alicyclic amines) is 2. The Morgan fingerprint density at radius 3 is 1.53 bits per heavy atom. The summed E-state index contributed by atoms with van der Waals surface area (Å²) < 4.78 is 9.54. The molecule has 2 heterocycles. The standard InChI is InChI=1S/C18H30N4O6Se2/c1-27-17(25)13-5-3-7-21(13)15(23)11(19)9-29-30-10-12(20)16(24)22-8-4-6-14(22)18(26)28-2/h11-14H,3-10,19-20H2,1-2H3/t11-,12-,13-,14-/m0/s1. The van der Waals surface area contributed by atoms with Gasteiger partial charge in [0.15, 0.2) is 0 Å². The Kier molecular flexibility index (Phi) is 10.1. The summed E-state index contributed by atoms with van der Waals surface area (Å²) in [5.41, 5.74) is 12.1. The van der Waals surface area contributed by atoms with Crippen molar-refractivity contribution >= 4 is 50.0 Å². The summed E-state index contributed by atoms with van der Waals surface area (Å²) in [5.74, 6) is -1.25. The topological polar surface area (TPSA) is 145 Å². The molecular formula is C18H30N4O6Se2. The molecule has 4 N–H and O–H groups in total. The number of carbonyl (C=O) groups excluding carboxylic acids is 4. The van der Waals surface area contributed by atoms with Gasteiger partial charge in [0.2, 0.25) is 0 Å². The third kappa shape index (κ3) is 6.18. The van der Waals surface area contributed by atoms with Crippen LogP contribution in [0.3, 0.4) is 0 Å². The van der Waals surface area contributed by atoms with Crippen molar-refractivity contribution in [2.45, 2.75) is 60.5 Å². The average molecular weight is 556 g/mol. The fourth-order valence-corrected chi connectivity index (χ4v) is 10.5. The van der Waals surface area contributed by atoms with Crippen molar-refractivity contribution in [3.05, 3.63) is 0 Å². The summed E-state index contributed by atoms with van der Waals surface area (Å²) in [6.07, 6.45) is 2.71. The molecule has 0 unspecified atom stereocenters. The van der Waals surface area contributed by atoms with Crippen molar-refractivity contribution in [1.82, 2.24) is 9.80 Å². The second-order valence-electron chi connectivity index (χ2n) is 7.21. The molecular weight excluding hydrogens is 526 g/mol. The Balaban J connectivity index is 1.74. The van der Waals surface area contributed by atoms with Crippen molar-refractivity contribution < 1.29 is 28.7 Å². The molecule has 0 spiro atoms. The molecule has 2 aliphatic rings. The summed E-state index contributed by atoms with van der Waals surface area (Å²) in [6.45, 7) is 1.03. The molecule has 0 aliphatic carbocycles. The van der Waals surface area contributed by atoms with Crippen LogP contribution in [0.2, 0.25) is 10.6 Å². The molecule has 2 saturated heterocycles. The summed E-state index contributed by atoms with van der Waals surface area (Å²) >= 11 is 0.181.